The molecule has 1 amide bonds. The highest BCUT2D eigenvalue weighted by molar-refractivity contribution is 5.70. The summed E-state index contributed by atoms with van der Waals surface area (Å²) in [6, 6.07) is 11.0. The second-order valence-electron chi connectivity index (χ2n) is 7.73. The first-order chi connectivity index (χ1) is 14.5. The summed E-state index contributed by atoms with van der Waals surface area (Å²) >= 11 is 0. The minimum absolute atomic E-state index is 0.221. The van der Waals surface area contributed by atoms with E-state index in [0.717, 1.165) is 43.6 Å². The van der Waals surface area contributed by atoms with Gasteiger partial charge in [0.2, 0.25) is 0 Å². The molecule has 0 bridgehead atoms. The summed E-state index contributed by atoms with van der Waals surface area (Å²) in [6.07, 6.45) is 0.396. The molecular weight excluding hydrogens is 397 g/mol. The van der Waals surface area contributed by atoms with Crippen LogP contribution in [0.1, 0.15) is 30.1 Å². The molecule has 0 aromatic heterocycles. The molecule has 2 aromatic carbocycles. The number of hydrogen-bond acceptors (Lipinski definition) is 4. The van der Waals surface area contributed by atoms with Gasteiger partial charge >= 0.3 is 6.09 Å². The zero-order valence-electron chi connectivity index (χ0n) is 16.4. The van der Waals surface area contributed by atoms with E-state index in [9.17, 15) is 18.0 Å². The number of likely N-dealkylation sites (tertiary alicyclic amines) is 1. The molecule has 0 radical (unpaired) electrons. The molecule has 1 unspecified atom stereocenters. The summed E-state index contributed by atoms with van der Waals surface area (Å²) in [5, 5.41) is 2.71. The van der Waals surface area contributed by atoms with Crippen LogP contribution in [0.25, 0.3) is 0 Å². The van der Waals surface area contributed by atoms with E-state index < -0.39 is 29.2 Å². The first kappa shape index (κ1) is 20.7. The smallest absolute Gasteiger partial charge is 0.407 e. The van der Waals surface area contributed by atoms with E-state index in [4.69, 9.17) is 9.47 Å². The van der Waals surface area contributed by atoms with Crippen LogP contribution >= 0.6 is 0 Å². The summed E-state index contributed by atoms with van der Waals surface area (Å²) in [6.45, 7) is 2.99. The summed E-state index contributed by atoms with van der Waals surface area (Å²) in [7, 11) is 0. The number of piperidine rings is 1. The van der Waals surface area contributed by atoms with E-state index in [1.54, 1.807) is 12.1 Å². The van der Waals surface area contributed by atoms with Gasteiger partial charge in [-0.3, -0.25) is 0 Å². The molecule has 2 aliphatic rings. The lowest BCUT2D eigenvalue weighted by Gasteiger charge is -2.37. The van der Waals surface area contributed by atoms with E-state index in [2.05, 4.69) is 10.2 Å². The van der Waals surface area contributed by atoms with Crippen LogP contribution in [0.4, 0.5) is 18.0 Å². The van der Waals surface area contributed by atoms with Crippen molar-refractivity contribution in [1.82, 2.24) is 10.2 Å². The molecule has 8 heteroatoms. The minimum atomic E-state index is -1.49. The number of benzene rings is 2. The fourth-order valence-electron chi connectivity index (χ4n) is 4.00. The SMILES string of the molecule is O=C1NCC2(CCN(CCOC(c3ccccc3)c3cc(F)c(F)c(F)c3)CC2)O1. The fraction of sp³-hybridized carbons (Fsp3) is 0.409. The van der Waals surface area contributed by atoms with Crippen LogP contribution < -0.4 is 5.32 Å². The number of alkyl carbamates (subject to hydrolysis) is 1. The highest BCUT2D eigenvalue weighted by Gasteiger charge is 2.42. The monoisotopic (exact) mass is 420 g/mol. The quantitative estimate of drug-likeness (QED) is 0.723. The molecule has 30 heavy (non-hydrogen) atoms. The van der Waals surface area contributed by atoms with Gasteiger partial charge in [-0.25, -0.2) is 18.0 Å². The molecule has 4 rings (SSSR count). The Morgan fingerprint density at radius 2 is 1.73 bits per heavy atom. The summed E-state index contributed by atoms with van der Waals surface area (Å²) < 4.78 is 52.4. The highest BCUT2D eigenvalue weighted by atomic mass is 19.2. The number of rotatable bonds is 6. The third-order valence-electron chi connectivity index (χ3n) is 5.73. The van der Waals surface area contributed by atoms with Crippen molar-refractivity contribution in [3.05, 3.63) is 71.0 Å². The van der Waals surface area contributed by atoms with Gasteiger partial charge in [-0.1, -0.05) is 30.3 Å². The Morgan fingerprint density at radius 1 is 1.07 bits per heavy atom. The van der Waals surface area contributed by atoms with Crippen LogP contribution in [0.3, 0.4) is 0 Å². The third-order valence-corrected chi connectivity index (χ3v) is 5.73. The van der Waals surface area contributed by atoms with E-state index in [0.29, 0.717) is 19.7 Å². The van der Waals surface area contributed by atoms with Gasteiger partial charge < -0.3 is 19.7 Å². The van der Waals surface area contributed by atoms with Crippen molar-refractivity contribution in [2.45, 2.75) is 24.5 Å². The number of carbonyl (C=O) groups excluding carboxylic acids is 1. The Balaban J connectivity index is 1.39. The van der Waals surface area contributed by atoms with Crippen LogP contribution in [-0.2, 0) is 9.47 Å². The number of carbonyl (C=O) groups is 1. The van der Waals surface area contributed by atoms with Crippen LogP contribution in [0, 0.1) is 17.5 Å². The normalized spacial score (nSPS) is 19.5. The minimum Gasteiger partial charge on any atom is -0.441 e. The number of halogens is 3. The highest BCUT2D eigenvalue weighted by Crippen LogP contribution is 2.30. The van der Waals surface area contributed by atoms with Gasteiger partial charge in [0.1, 0.15) is 11.7 Å². The predicted molar refractivity (Wildman–Crippen MR) is 103 cm³/mol. The van der Waals surface area contributed by atoms with E-state index in [-0.39, 0.29) is 11.7 Å². The second kappa shape index (κ2) is 8.65. The number of nitrogens with one attached hydrogen (secondary N) is 1. The van der Waals surface area contributed by atoms with Crippen molar-refractivity contribution >= 4 is 6.09 Å². The molecule has 2 heterocycles. The second-order valence-corrected chi connectivity index (χ2v) is 7.73. The number of amides is 1. The first-order valence-corrected chi connectivity index (χ1v) is 9.96. The van der Waals surface area contributed by atoms with Crippen LogP contribution in [0.5, 0.6) is 0 Å². The third kappa shape index (κ3) is 4.44. The largest absolute Gasteiger partial charge is 0.441 e. The Morgan fingerprint density at radius 3 is 2.33 bits per heavy atom. The lowest BCUT2D eigenvalue weighted by Crippen LogP contribution is -2.47. The Labute approximate surface area is 172 Å². The summed E-state index contributed by atoms with van der Waals surface area (Å²) in [5.74, 6) is -3.97. The molecule has 5 nitrogen and oxygen atoms in total. The van der Waals surface area contributed by atoms with Crippen LogP contribution in [-0.4, -0.2) is 49.4 Å². The molecule has 2 fully saturated rings. The van der Waals surface area contributed by atoms with Crippen molar-refractivity contribution in [2.24, 2.45) is 0 Å². The molecule has 2 aromatic rings. The van der Waals surface area contributed by atoms with Gasteiger partial charge in [0, 0.05) is 32.5 Å². The Bertz CT molecular complexity index is 879. The van der Waals surface area contributed by atoms with Crippen molar-refractivity contribution in [3.8, 4) is 0 Å². The molecule has 1 spiro atoms. The molecule has 2 aliphatic heterocycles. The average Bonchev–Trinajstić information content (AvgIpc) is 3.11. The molecule has 1 atom stereocenters. The van der Waals surface area contributed by atoms with Gasteiger partial charge in [0.25, 0.3) is 0 Å². The van der Waals surface area contributed by atoms with Gasteiger partial charge in [0.05, 0.1) is 13.2 Å². The van der Waals surface area contributed by atoms with E-state index >= 15 is 0 Å². The van der Waals surface area contributed by atoms with Gasteiger partial charge in [0.15, 0.2) is 17.5 Å². The molecule has 0 saturated carbocycles. The Kier molecular flexibility index (Phi) is 5.97. The maximum atomic E-state index is 13.8. The van der Waals surface area contributed by atoms with Gasteiger partial charge in [-0.2, -0.15) is 0 Å². The first-order valence-electron chi connectivity index (χ1n) is 9.96. The summed E-state index contributed by atoms with van der Waals surface area (Å²) in [4.78, 5) is 13.5. The topological polar surface area (TPSA) is 50.8 Å². The zero-order valence-corrected chi connectivity index (χ0v) is 16.4. The average molecular weight is 420 g/mol. The molecular formula is C22H23F3N2O3. The van der Waals surface area contributed by atoms with Crippen LogP contribution in [0.15, 0.2) is 42.5 Å². The number of hydrogen-bond donors (Lipinski definition) is 1. The zero-order chi connectivity index (χ0) is 21.1. The maximum absolute atomic E-state index is 13.8. The van der Waals surface area contributed by atoms with Crippen molar-refractivity contribution in [2.75, 3.05) is 32.8 Å². The van der Waals surface area contributed by atoms with Crippen molar-refractivity contribution in [1.29, 1.82) is 0 Å². The maximum Gasteiger partial charge on any atom is 0.407 e. The summed E-state index contributed by atoms with van der Waals surface area (Å²) in [5.41, 5.74) is 0.535. The van der Waals surface area contributed by atoms with Crippen LogP contribution in [0.2, 0.25) is 0 Å². The Hall–Kier alpha value is -2.58. The van der Waals surface area contributed by atoms with Gasteiger partial charge in [-0.05, 0) is 23.3 Å². The molecule has 1 N–H and O–H groups in total. The fourth-order valence-corrected chi connectivity index (χ4v) is 4.00. The molecule has 2 saturated heterocycles. The number of nitrogens with zero attached hydrogens (tertiary/aromatic N) is 1. The molecule has 160 valence electrons. The van der Waals surface area contributed by atoms with E-state index in [1.165, 1.54) is 0 Å². The molecule has 0 aliphatic carbocycles. The standard InChI is InChI=1S/C22H23F3N2O3/c23-17-12-16(13-18(24)19(17)25)20(15-4-2-1-3-5-15)29-11-10-27-8-6-22(7-9-27)14-26-21(28)30-22/h1-5,12-13,20H,6-11,14H2,(H,26,28). The van der Waals surface area contributed by atoms with Gasteiger partial charge in [-0.15, -0.1) is 0 Å². The van der Waals surface area contributed by atoms with Crippen molar-refractivity contribution < 1.29 is 27.4 Å². The lowest BCUT2D eigenvalue weighted by molar-refractivity contribution is -0.0105. The predicted octanol–water partition coefficient (Wildman–Crippen LogP) is 3.78. The number of ether oxygens (including phenoxy) is 2. The van der Waals surface area contributed by atoms with Crippen molar-refractivity contribution in [3.63, 3.8) is 0 Å². The van der Waals surface area contributed by atoms with E-state index in [1.807, 2.05) is 18.2 Å². The lowest BCUT2D eigenvalue weighted by atomic mass is 9.92.